The molecule has 0 fully saturated rings. The molecule has 1 aliphatic heterocycles. The molecule has 2 aromatic rings. The molecule has 5 heteroatoms. The zero-order chi connectivity index (χ0) is 14.1. The Morgan fingerprint density at radius 2 is 2.20 bits per heavy atom. The van der Waals surface area contributed by atoms with Gasteiger partial charge in [-0.2, -0.15) is 0 Å². The summed E-state index contributed by atoms with van der Waals surface area (Å²) in [7, 11) is 1.65. The topological polar surface area (TPSA) is 57.4 Å². The molecule has 1 aromatic heterocycles. The van der Waals surface area contributed by atoms with E-state index in [1.54, 1.807) is 13.3 Å². The van der Waals surface area contributed by atoms with Gasteiger partial charge in [-0.15, -0.1) is 0 Å². The van der Waals surface area contributed by atoms with Crippen LogP contribution in [0.4, 0.5) is 0 Å². The predicted octanol–water partition coefficient (Wildman–Crippen LogP) is 3.38. The van der Waals surface area contributed by atoms with E-state index in [1.807, 2.05) is 30.5 Å². The molecule has 0 amide bonds. The molecule has 1 aliphatic rings. The zero-order valence-electron chi connectivity index (χ0n) is 11.0. The van der Waals surface area contributed by atoms with Gasteiger partial charge in [-0.3, -0.25) is 4.98 Å². The average Bonchev–Trinajstić information content (AvgIpc) is 2.47. The van der Waals surface area contributed by atoms with Gasteiger partial charge in [0.15, 0.2) is 0 Å². The van der Waals surface area contributed by atoms with Gasteiger partial charge in [0.1, 0.15) is 17.6 Å². The Morgan fingerprint density at radius 1 is 1.35 bits per heavy atom. The molecule has 2 N–H and O–H groups in total. The number of hydrogen-bond donors (Lipinski definition) is 1. The van der Waals surface area contributed by atoms with Crippen molar-refractivity contribution in [1.29, 1.82) is 0 Å². The molecule has 2 atom stereocenters. The number of nitrogens with zero attached hydrogens (tertiary/aromatic N) is 1. The number of fused-ring (bicyclic) bond motifs is 1. The van der Waals surface area contributed by atoms with Crippen molar-refractivity contribution in [2.45, 2.75) is 18.6 Å². The summed E-state index contributed by atoms with van der Waals surface area (Å²) in [5.74, 6) is 1.61. The molecule has 0 bridgehead atoms. The second-order valence-electron chi connectivity index (χ2n) is 4.79. The highest BCUT2D eigenvalue weighted by Gasteiger charge is 2.27. The van der Waals surface area contributed by atoms with Crippen molar-refractivity contribution < 1.29 is 9.47 Å². The van der Waals surface area contributed by atoms with Gasteiger partial charge in [0, 0.05) is 40.5 Å². The van der Waals surface area contributed by atoms with E-state index in [0.29, 0.717) is 0 Å². The summed E-state index contributed by atoms with van der Waals surface area (Å²) in [5.41, 5.74) is 8.28. The molecule has 0 saturated heterocycles. The summed E-state index contributed by atoms with van der Waals surface area (Å²) in [6.45, 7) is 0. The second-order valence-corrected chi connectivity index (χ2v) is 5.70. The van der Waals surface area contributed by atoms with Crippen molar-refractivity contribution in [2.75, 3.05) is 7.11 Å². The largest absolute Gasteiger partial charge is 0.497 e. The van der Waals surface area contributed by atoms with E-state index in [4.69, 9.17) is 15.2 Å². The standard InChI is InChI=1S/C15H15BrN2O2/c1-19-11-2-3-14-12(5-11)13(17)6-15(20-14)9-4-10(16)8-18-7-9/h2-5,7-8,13,15H,6,17H2,1H3. The maximum atomic E-state index is 6.27. The maximum absolute atomic E-state index is 6.27. The van der Waals surface area contributed by atoms with Gasteiger partial charge < -0.3 is 15.2 Å². The number of rotatable bonds is 2. The van der Waals surface area contributed by atoms with Crippen LogP contribution in [0.5, 0.6) is 11.5 Å². The minimum Gasteiger partial charge on any atom is -0.497 e. The smallest absolute Gasteiger partial charge is 0.127 e. The average molecular weight is 335 g/mol. The van der Waals surface area contributed by atoms with E-state index in [1.165, 1.54) is 0 Å². The van der Waals surface area contributed by atoms with Crippen LogP contribution < -0.4 is 15.2 Å². The number of pyridine rings is 1. The number of hydrogen-bond acceptors (Lipinski definition) is 4. The molecule has 0 radical (unpaired) electrons. The van der Waals surface area contributed by atoms with Crippen molar-refractivity contribution in [3.8, 4) is 11.5 Å². The number of ether oxygens (including phenoxy) is 2. The quantitative estimate of drug-likeness (QED) is 0.914. The number of methoxy groups -OCH3 is 1. The molecule has 1 aromatic carbocycles. The van der Waals surface area contributed by atoms with Crippen LogP contribution in [0.25, 0.3) is 0 Å². The van der Waals surface area contributed by atoms with E-state index in [-0.39, 0.29) is 12.1 Å². The number of halogens is 1. The lowest BCUT2D eigenvalue weighted by molar-refractivity contribution is 0.160. The maximum Gasteiger partial charge on any atom is 0.127 e. The van der Waals surface area contributed by atoms with Crippen LogP contribution in [0.15, 0.2) is 41.1 Å². The molecule has 20 heavy (non-hydrogen) atoms. The van der Waals surface area contributed by atoms with Crippen LogP contribution in [-0.4, -0.2) is 12.1 Å². The summed E-state index contributed by atoms with van der Waals surface area (Å²) >= 11 is 3.43. The van der Waals surface area contributed by atoms with E-state index >= 15 is 0 Å². The fourth-order valence-corrected chi connectivity index (χ4v) is 2.80. The molecule has 3 rings (SSSR count). The van der Waals surface area contributed by atoms with Crippen molar-refractivity contribution in [2.24, 2.45) is 5.73 Å². The molecule has 0 spiro atoms. The molecular weight excluding hydrogens is 320 g/mol. The van der Waals surface area contributed by atoms with Gasteiger partial charge in [-0.1, -0.05) is 0 Å². The lowest BCUT2D eigenvalue weighted by Crippen LogP contribution is -2.24. The van der Waals surface area contributed by atoms with Gasteiger partial charge in [0.25, 0.3) is 0 Å². The normalized spacial score (nSPS) is 20.9. The Bertz CT molecular complexity index is 633. The summed E-state index contributed by atoms with van der Waals surface area (Å²) in [6, 6.07) is 7.67. The minimum absolute atomic E-state index is 0.0715. The predicted molar refractivity (Wildman–Crippen MR) is 79.8 cm³/mol. The van der Waals surface area contributed by atoms with Crippen molar-refractivity contribution >= 4 is 15.9 Å². The Hall–Kier alpha value is -1.59. The number of nitrogens with two attached hydrogens (primary N) is 1. The van der Waals surface area contributed by atoms with Gasteiger partial charge in [0.2, 0.25) is 0 Å². The van der Waals surface area contributed by atoms with Crippen molar-refractivity contribution in [3.63, 3.8) is 0 Å². The molecule has 4 nitrogen and oxygen atoms in total. The molecular formula is C15H15BrN2O2. The van der Waals surface area contributed by atoms with Crippen molar-refractivity contribution in [3.05, 3.63) is 52.3 Å². The Balaban J connectivity index is 1.93. The minimum atomic E-state index is -0.0732. The molecule has 2 heterocycles. The van der Waals surface area contributed by atoms with Crippen molar-refractivity contribution in [1.82, 2.24) is 4.98 Å². The van der Waals surface area contributed by atoms with Gasteiger partial charge in [-0.25, -0.2) is 0 Å². The third kappa shape index (κ3) is 2.51. The zero-order valence-corrected chi connectivity index (χ0v) is 12.6. The van der Waals surface area contributed by atoms with Crippen LogP contribution in [0, 0.1) is 0 Å². The lowest BCUT2D eigenvalue weighted by Gasteiger charge is -2.30. The highest BCUT2D eigenvalue weighted by molar-refractivity contribution is 9.10. The van der Waals surface area contributed by atoms with Crippen LogP contribution in [0.1, 0.15) is 29.7 Å². The third-order valence-corrected chi connectivity index (χ3v) is 3.89. The fourth-order valence-electron chi connectivity index (χ4n) is 2.42. The molecule has 0 aliphatic carbocycles. The van der Waals surface area contributed by atoms with Crippen LogP contribution in [0.2, 0.25) is 0 Å². The van der Waals surface area contributed by atoms with Crippen LogP contribution in [-0.2, 0) is 0 Å². The fraction of sp³-hybridized carbons (Fsp3) is 0.267. The third-order valence-electron chi connectivity index (χ3n) is 3.45. The van der Waals surface area contributed by atoms with E-state index in [9.17, 15) is 0 Å². The van der Waals surface area contributed by atoms with Crippen LogP contribution in [0.3, 0.4) is 0 Å². The first kappa shape index (κ1) is 13.4. The summed E-state index contributed by atoms with van der Waals surface area (Å²) in [4.78, 5) is 4.18. The Kier molecular flexibility index (Phi) is 3.63. The summed E-state index contributed by atoms with van der Waals surface area (Å²) < 4.78 is 12.2. The van der Waals surface area contributed by atoms with E-state index in [2.05, 4.69) is 20.9 Å². The SMILES string of the molecule is COc1ccc2c(c1)C(N)CC(c1cncc(Br)c1)O2. The van der Waals surface area contributed by atoms with E-state index in [0.717, 1.165) is 33.5 Å². The van der Waals surface area contributed by atoms with Gasteiger partial charge >= 0.3 is 0 Å². The highest BCUT2D eigenvalue weighted by atomic mass is 79.9. The number of benzene rings is 1. The summed E-state index contributed by atoms with van der Waals surface area (Å²) in [6.07, 6.45) is 4.22. The van der Waals surface area contributed by atoms with E-state index < -0.39 is 0 Å². The second kappa shape index (κ2) is 5.42. The Morgan fingerprint density at radius 3 is 2.95 bits per heavy atom. The van der Waals surface area contributed by atoms with Gasteiger partial charge in [-0.05, 0) is 40.2 Å². The molecule has 0 saturated carbocycles. The highest BCUT2D eigenvalue weighted by Crippen LogP contribution is 2.41. The summed E-state index contributed by atoms with van der Waals surface area (Å²) in [5, 5.41) is 0. The first-order valence-electron chi connectivity index (χ1n) is 6.38. The molecule has 104 valence electrons. The lowest BCUT2D eigenvalue weighted by atomic mass is 9.94. The Labute approximate surface area is 126 Å². The monoisotopic (exact) mass is 334 g/mol. The number of aromatic nitrogens is 1. The van der Waals surface area contributed by atoms with Gasteiger partial charge in [0.05, 0.1) is 7.11 Å². The first-order chi connectivity index (χ1) is 9.67. The molecule has 2 unspecified atom stereocenters. The van der Waals surface area contributed by atoms with Crippen LogP contribution >= 0.6 is 15.9 Å². The first-order valence-corrected chi connectivity index (χ1v) is 7.17.